The average molecular weight is 261 g/mol. The summed E-state index contributed by atoms with van der Waals surface area (Å²) in [6.07, 6.45) is 2.82. The van der Waals surface area contributed by atoms with E-state index in [1.165, 1.54) is 0 Å². The number of rotatable bonds is 5. The second-order valence-electron chi connectivity index (χ2n) is 4.36. The van der Waals surface area contributed by atoms with E-state index in [2.05, 4.69) is 17.3 Å². The molecule has 0 aliphatic carbocycles. The normalized spacial score (nSPS) is 10.5. The first-order chi connectivity index (χ1) is 9.13. The minimum Gasteiger partial charge on any atom is -0.507 e. The van der Waals surface area contributed by atoms with E-state index in [1.807, 2.05) is 25.4 Å². The van der Waals surface area contributed by atoms with Crippen molar-refractivity contribution in [3.63, 3.8) is 0 Å². The molecule has 0 unspecified atom stereocenters. The summed E-state index contributed by atoms with van der Waals surface area (Å²) >= 11 is 0. The van der Waals surface area contributed by atoms with Crippen LogP contribution in [0.1, 0.15) is 18.2 Å². The SMILES string of the molecule is CCc1nn(C)cc1NCc1ccc(OC)cc1O. The molecule has 1 heterocycles. The lowest BCUT2D eigenvalue weighted by atomic mass is 10.2. The highest BCUT2D eigenvalue weighted by atomic mass is 16.5. The smallest absolute Gasteiger partial charge is 0.124 e. The Morgan fingerprint density at radius 2 is 2.21 bits per heavy atom. The molecule has 19 heavy (non-hydrogen) atoms. The molecule has 0 bridgehead atoms. The van der Waals surface area contributed by atoms with Crippen LogP contribution in [0.25, 0.3) is 0 Å². The van der Waals surface area contributed by atoms with Gasteiger partial charge in [0.05, 0.1) is 18.5 Å². The molecule has 2 aromatic rings. The fourth-order valence-corrected chi connectivity index (χ4v) is 1.95. The van der Waals surface area contributed by atoms with Gasteiger partial charge in [-0.3, -0.25) is 4.68 Å². The van der Waals surface area contributed by atoms with E-state index in [1.54, 1.807) is 17.9 Å². The number of hydrogen-bond donors (Lipinski definition) is 2. The summed E-state index contributed by atoms with van der Waals surface area (Å²) in [6.45, 7) is 2.62. The zero-order valence-corrected chi connectivity index (χ0v) is 11.5. The second kappa shape index (κ2) is 5.65. The highest BCUT2D eigenvalue weighted by Gasteiger charge is 2.07. The number of methoxy groups -OCH3 is 1. The molecular weight excluding hydrogens is 242 g/mol. The van der Waals surface area contributed by atoms with Crippen molar-refractivity contribution in [1.82, 2.24) is 9.78 Å². The van der Waals surface area contributed by atoms with Gasteiger partial charge >= 0.3 is 0 Å². The van der Waals surface area contributed by atoms with Gasteiger partial charge in [0.15, 0.2) is 0 Å². The van der Waals surface area contributed by atoms with Crippen LogP contribution >= 0.6 is 0 Å². The van der Waals surface area contributed by atoms with Crippen LogP contribution in [0.4, 0.5) is 5.69 Å². The maximum Gasteiger partial charge on any atom is 0.124 e. The number of aromatic hydroxyl groups is 1. The van der Waals surface area contributed by atoms with Crippen molar-refractivity contribution in [1.29, 1.82) is 0 Å². The number of anilines is 1. The Bertz CT molecular complexity index is 564. The Kier molecular flexibility index (Phi) is 3.94. The van der Waals surface area contributed by atoms with Crippen LogP contribution in [0.15, 0.2) is 24.4 Å². The van der Waals surface area contributed by atoms with Gasteiger partial charge < -0.3 is 15.2 Å². The maximum absolute atomic E-state index is 9.89. The molecule has 0 radical (unpaired) electrons. The molecule has 0 saturated carbocycles. The van der Waals surface area contributed by atoms with E-state index < -0.39 is 0 Å². The molecule has 0 saturated heterocycles. The molecule has 2 N–H and O–H groups in total. The first-order valence-corrected chi connectivity index (χ1v) is 6.26. The van der Waals surface area contributed by atoms with Crippen molar-refractivity contribution in [2.45, 2.75) is 19.9 Å². The first kappa shape index (κ1) is 13.3. The van der Waals surface area contributed by atoms with Gasteiger partial charge in [-0.2, -0.15) is 5.10 Å². The summed E-state index contributed by atoms with van der Waals surface area (Å²) in [7, 11) is 3.48. The summed E-state index contributed by atoms with van der Waals surface area (Å²) in [5.41, 5.74) is 2.85. The van der Waals surface area contributed by atoms with E-state index in [4.69, 9.17) is 4.74 Å². The molecule has 1 aromatic heterocycles. The Morgan fingerprint density at radius 3 is 2.84 bits per heavy atom. The van der Waals surface area contributed by atoms with E-state index in [-0.39, 0.29) is 5.75 Å². The van der Waals surface area contributed by atoms with E-state index in [0.29, 0.717) is 12.3 Å². The van der Waals surface area contributed by atoms with Gasteiger partial charge in [0.25, 0.3) is 0 Å². The number of nitrogens with zero attached hydrogens (tertiary/aromatic N) is 2. The van der Waals surface area contributed by atoms with Crippen LogP contribution in [-0.2, 0) is 20.0 Å². The molecular formula is C14H19N3O2. The molecule has 0 spiro atoms. The van der Waals surface area contributed by atoms with Crippen molar-refractivity contribution < 1.29 is 9.84 Å². The Labute approximate surface area is 112 Å². The number of nitrogens with one attached hydrogen (secondary N) is 1. The highest BCUT2D eigenvalue weighted by molar-refractivity contribution is 5.48. The maximum atomic E-state index is 9.89. The minimum atomic E-state index is 0.230. The van der Waals surface area contributed by atoms with Crippen LogP contribution in [-0.4, -0.2) is 22.0 Å². The third kappa shape index (κ3) is 2.99. The number of hydrogen-bond acceptors (Lipinski definition) is 4. The van der Waals surface area contributed by atoms with Crippen LogP contribution in [0.3, 0.4) is 0 Å². The van der Waals surface area contributed by atoms with Crippen LogP contribution < -0.4 is 10.1 Å². The predicted molar refractivity (Wildman–Crippen MR) is 74.6 cm³/mol. The quantitative estimate of drug-likeness (QED) is 0.867. The van der Waals surface area contributed by atoms with Gasteiger partial charge in [-0.15, -0.1) is 0 Å². The number of aromatic nitrogens is 2. The third-order valence-electron chi connectivity index (χ3n) is 3.00. The molecule has 0 fully saturated rings. The lowest BCUT2D eigenvalue weighted by Gasteiger charge is -2.09. The lowest BCUT2D eigenvalue weighted by Crippen LogP contribution is -2.01. The van der Waals surface area contributed by atoms with E-state index in [9.17, 15) is 5.11 Å². The van der Waals surface area contributed by atoms with Crippen molar-refractivity contribution in [2.75, 3.05) is 12.4 Å². The third-order valence-corrected chi connectivity index (χ3v) is 3.00. The highest BCUT2D eigenvalue weighted by Crippen LogP contribution is 2.24. The summed E-state index contributed by atoms with van der Waals surface area (Å²) in [5, 5.41) is 17.5. The standard InChI is InChI=1S/C14H19N3O2/c1-4-12-13(9-17(2)16-12)15-8-10-5-6-11(19-3)7-14(10)18/h5-7,9,15,18H,4,8H2,1-3H3. The van der Waals surface area contributed by atoms with Crippen molar-refractivity contribution >= 4 is 5.69 Å². The predicted octanol–water partition coefficient (Wildman–Crippen LogP) is 2.31. The molecule has 2 rings (SSSR count). The summed E-state index contributed by atoms with van der Waals surface area (Å²) < 4.78 is 6.85. The largest absolute Gasteiger partial charge is 0.507 e. The topological polar surface area (TPSA) is 59.3 Å². The minimum absolute atomic E-state index is 0.230. The van der Waals surface area contributed by atoms with E-state index >= 15 is 0 Å². The molecule has 5 nitrogen and oxygen atoms in total. The number of benzene rings is 1. The van der Waals surface area contributed by atoms with Crippen molar-refractivity contribution in [3.05, 3.63) is 35.7 Å². The molecule has 0 aliphatic heterocycles. The molecule has 0 aliphatic rings. The zero-order valence-electron chi connectivity index (χ0n) is 11.5. The average Bonchev–Trinajstić information content (AvgIpc) is 2.77. The first-order valence-electron chi connectivity index (χ1n) is 6.26. The number of ether oxygens (including phenoxy) is 1. The van der Waals surface area contributed by atoms with Crippen molar-refractivity contribution in [3.8, 4) is 11.5 Å². The van der Waals surface area contributed by atoms with Gasteiger partial charge in [-0.05, 0) is 18.6 Å². The van der Waals surface area contributed by atoms with Gasteiger partial charge in [-0.25, -0.2) is 0 Å². The number of aryl methyl sites for hydroxylation is 2. The van der Waals surface area contributed by atoms with Crippen molar-refractivity contribution in [2.24, 2.45) is 7.05 Å². The molecule has 1 aromatic carbocycles. The zero-order chi connectivity index (χ0) is 13.8. The van der Waals surface area contributed by atoms with Gasteiger partial charge in [0, 0.05) is 31.4 Å². The van der Waals surface area contributed by atoms with Crippen LogP contribution in [0.5, 0.6) is 11.5 Å². The van der Waals surface area contributed by atoms with Gasteiger partial charge in [-0.1, -0.05) is 6.92 Å². The number of phenolic OH excluding ortho intramolecular Hbond substituents is 1. The van der Waals surface area contributed by atoms with Gasteiger partial charge in [0.1, 0.15) is 11.5 Å². The summed E-state index contributed by atoms with van der Waals surface area (Å²) in [4.78, 5) is 0. The molecule has 0 amide bonds. The Balaban J connectivity index is 2.09. The summed E-state index contributed by atoms with van der Waals surface area (Å²) in [6, 6.07) is 5.30. The Morgan fingerprint density at radius 1 is 1.42 bits per heavy atom. The van der Waals surface area contributed by atoms with Crippen LogP contribution in [0.2, 0.25) is 0 Å². The molecule has 5 heteroatoms. The van der Waals surface area contributed by atoms with Gasteiger partial charge in [0.2, 0.25) is 0 Å². The lowest BCUT2D eigenvalue weighted by molar-refractivity contribution is 0.406. The fourth-order valence-electron chi connectivity index (χ4n) is 1.95. The number of phenols is 1. The Hall–Kier alpha value is -2.17. The molecule has 102 valence electrons. The monoisotopic (exact) mass is 261 g/mol. The summed E-state index contributed by atoms with van der Waals surface area (Å²) in [5.74, 6) is 0.880. The fraction of sp³-hybridized carbons (Fsp3) is 0.357. The molecule has 0 atom stereocenters. The second-order valence-corrected chi connectivity index (χ2v) is 4.36. The van der Waals surface area contributed by atoms with Crippen LogP contribution in [0, 0.1) is 0 Å². The van der Waals surface area contributed by atoms with E-state index in [0.717, 1.165) is 23.4 Å².